The lowest BCUT2D eigenvalue weighted by atomic mass is 10.2. The number of benzene rings is 2. The number of thiazole rings is 1. The van der Waals surface area contributed by atoms with Gasteiger partial charge >= 0.3 is 0 Å². The molecule has 0 fully saturated rings. The fraction of sp³-hybridized carbons (Fsp3) is 0. The van der Waals surface area contributed by atoms with Gasteiger partial charge in [-0.15, -0.1) is 11.3 Å². The molecule has 0 bridgehead atoms. The third kappa shape index (κ3) is 3.30. The summed E-state index contributed by atoms with van der Waals surface area (Å²) in [5.74, 6) is 0.304. The van der Waals surface area contributed by atoms with Crippen molar-refractivity contribution in [3.63, 3.8) is 0 Å². The summed E-state index contributed by atoms with van der Waals surface area (Å²) in [5.41, 5.74) is 0.949. The molecule has 3 aromatic rings. The van der Waals surface area contributed by atoms with Gasteiger partial charge in [-0.1, -0.05) is 41.9 Å². The first-order chi connectivity index (χ1) is 10.5. The average molecular weight is 351 g/mol. The minimum Gasteiger partial charge on any atom is -0.263 e. The molecule has 0 aliphatic heterocycles. The molecule has 0 amide bonds. The van der Waals surface area contributed by atoms with Crippen molar-refractivity contribution in [2.75, 3.05) is 4.72 Å². The van der Waals surface area contributed by atoms with Gasteiger partial charge in [-0.05, 0) is 24.3 Å². The summed E-state index contributed by atoms with van der Waals surface area (Å²) in [5, 5.41) is 2.92. The highest BCUT2D eigenvalue weighted by molar-refractivity contribution is 7.92. The highest BCUT2D eigenvalue weighted by Gasteiger charge is 2.16. The molecule has 4 nitrogen and oxygen atoms in total. The molecule has 2 aromatic carbocycles. The minimum atomic E-state index is -3.66. The summed E-state index contributed by atoms with van der Waals surface area (Å²) in [6.07, 6.45) is 0. The molecule has 0 atom stereocenters. The van der Waals surface area contributed by atoms with Crippen LogP contribution >= 0.6 is 22.9 Å². The summed E-state index contributed by atoms with van der Waals surface area (Å²) in [4.78, 5) is 4.46. The van der Waals surface area contributed by atoms with Crippen molar-refractivity contribution >= 4 is 38.8 Å². The van der Waals surface area contributed by atoms with Crippen LogP contribution in [0, 0.1) is 0 Å². The zero-order valence-electron chi connectivity index (χ0n) is 11.2. The number of sulfonamides is 1. The van der Waals surface area contributed by atoms with E-state index in [1.807, 2.05) is 30.3 Å². The molecule has 7 heteroatoms. The van der Waals surface area contributed by atoms with Crippen molar-refractivity contribution in [1.82, 2.24) is 4.98 Å². The third-order valence-electron chi connectivity index (χ3n) is 2.89. The van der Waals surface area contributed by atoms with Crippen LogP contribution in [0.4, 0.5) is 5.82 Å². The largest absolute Gasteiger partial charge is 0.263 e. The second-order valence-corrected chi connectivity index (χ2v) is 7.44. The number of hydrogen-bond acceptors (Lipinski definition) is 4. The molecule has 3 rings (SSSR count). The zero-order valence-corrected chi connectivity index (χ0v) is 13.6. The van der Waals surface area contributed by atoms with Crippen LogP contribution in [-0.2, 0) is 10.0 Å². The van der Waals surface area contributed by atoms with Crippen molar-refractivity contribution in [3.8, 4) is 10.6 Å². The Balaban J connectivity index is 1.84. The number of aromatic nitrogens is 1. The molecule has 0 aliphatic carbocycles. The summed E-state index contributed by atoms with van der Waals surface area (Å²) in [6, 6.07) is 15.6. The second kappa shape index (κ2) is 6.08. The van der Waals surface area contributed by atoms with Crippen molar-refractivity contribution in [3.05, 3.63) is 65.0 Å². The molecule has 0 radical (unpaired) electrons. The number of rotatable bonds is 4. The summed E-state index contributed by atoms with van der Waals surface area (Å²) in [7, 11) is -3.66. The fourth-order valence-corrected chi connectivity index (χ4v) is 3.80. The van der Waals surface area contributed by atoms with Gasteiger partial charge in [0.25, 0.3) is 10.0 Å². The van der Waals surface area contributed by atoms with E-state index >= 15 is 0 Å². The van der Waals surface area contributed by atoms with Gasteiger partial charge in [-0.3, -0.25) is 4.72 Å². The molecule has 0 unspecified atom stereocenters. The second-order valence-electron chi connectivity index (χ2n) is 4.46. The lowest BCUT2D eigenvalue weighted by molar-refractivity contribution is 0.601. The Morgan fingerprint density at radius 3 is 2.36 bits per heavy atom. The maximum atomic E-state index is 12.3. The van der Waals surface area contributed by atoms with Crippen LogP contribution in [0.5, 0.6) is 0 Å². The Kier molecular flexibility index (Phi) is 4.15. The van der Waals surface area contributed by atoms with Crippen LogP contribution < -0.4 is 4.72 Å². The van der Waals surface area contributed by atoms with Crippen LogP contribution in [0.1, 0.15) is 0 Å². The van der Waals surface area contributed by atoms with Crippen molar-refractivity contribution in [2.24, 2.45) is 0 Å². The van der Waals surface area contributed by atoms with Crippen molar-refractivity contribution in [2.45, 2.75) is 4.90 Å². The van der Waals surface area contributed by atoms with Gasteiger partial charge < -0.3 is 0 Å². The van der Waals surface area contributed by atoms with E-state index in [1.54, 1.807) is 5.38 Å². The van der Waals surface area contributed by atoms with E-state index in [-0.39, 0.29) is 4.90 Å². The number of anilines is 1. The van der Waals surface area contributed by atoms with Gasteiger partial charge in [-0.2, -0.15) is 0 Å². The predicted molar refractivity (Wildman–Crippen MR) is 89.8 cm³/mol. The quantitative estimate of drug-likeness (QED) is 0.764. The van der Waals surface area contributed by atoms with Gasteiger partial charge in [0.1, 0.15) is 5.01 Å². The van der Waals surface area contributed by atoms with Gasteiger partial charge in [0, 0.05) is 16.0 Å². The van der Waals surface area contributed by atoms with E-state index in [0.717, 1.165) is 10.6 Å². The van der Waals surface area contributed by atoms with Gasteiger partial charge in [0.2, 0.25) is 0 Å². The van der Waals surface area contributed by atoms with E-state index in [2.05, 4.69) is 9.71 Å². The Morgan fingerprint density at radius 2 is 1.68 bits per heavy atom. The van der Waals surface area contributed by atoms with E-state index in [9.17, 15) is 8.42 Å². The predicted octanol–water partition coefficient (Wildman–Crippen LogP) is 4.26. The van der Waals surface area contributed by atoms with E-state index in [1.165, 1.54) is 35.6 Å². The molecular formula is C15H11ClN2O2S2. The minimum absolute atomic E-state index is 0.145. The number of nitrogens with one attached hydrogen (secondary N) is 1. The Labute approximate surface area is 137 Å². The average Bonchev–Trinajstić information content (AvgIpc) is 2.96. The molecule has 112 valence electrons. The van der Waals surface area contributed by atoms with Crippen LogP contribution in [0.3, 0.4) is 0 Å². The Hall–Kier alpha value is -1.89. The highest BCUT2D eigenvalue weighted by Crippen LogP contribution is 2.27. The molecular weight excluding hydrogens is 340 g/mol. The molecule has 0 saturated carbocycles. The normalized spacial score (nSPS) is 11.3. The van der Waals surface area contributed by atoms with Crippen LogP contribution in [-0.4, -0.2) is 13.4 Å². The van der Waals surface area contributed by atoms with Crippen molar-refractivity contribution < 1.29 is 8.42 Å². The lowest BCUT2D eigenvalue weighted by Crippen LogP contribution is -2.12. The maximum Gasteiger partial charge on any atom is 0.263 e. The van der Waals surface area contributed by atoms with Gasteiger partial charge in [0.05, 0.1) is 4.90 Å². The number of hydrogen-bond donors (Lipinski definition) is 1. The standard InChI is InChI=1S/C15H11ClN2O2S2/c16-12-6-8-13(9-7-12)22(19,20)18-14-10-21-15(17-14)11-4-2-1-3-5-11/h1-10,18H. The number of halogens is 1. The Morgan fingerprint density at radius 1 is 1.00 bits per heavy atom. The Bertz CT molecular complexity index is 875. The molecule has 22 heavy (non-hydrogen) atoms. The number of nitrogens with zero attached hydrogens (tertiary/aromatic N) is 1. The van der Waals surface area contributed by atoms with Gasteiger partial charge in [0.15, 0.2) is 5.82 Å². The summed E-state index contributed by atoms with van der Waals surface area (Å²) in [6.45, 7) is 0. The van der Waals surface area contributed by atoms with Crippen molar-refractivity contribution in [1.29, 1.82) is 0 Å². The van der Waals surface area contributed by atoms with Crippen LogP contribution in [0.15, 0.2) is 64.9 Å². The fourth-order valence-electron chi connectivity index (χ4n) is 1.84. The monoisotopic (exact) mass is 350 g/mol. The van der Waals surface area contributed by atoms with E-state index in [0.29, 0.717) is 10.8 Å². The third-order valence-corrected chi connectivity index (χ3v) is 5.40. The van der Waals surface area contributed by atoms with Crippen LogP contribution in [0.25, 0.3) is 10.6 Å². The highest BCUT2D eigenvalue weighted by atomic mass is 35.5. The van der Waals surface area contributed by atoms with E-state index < -0.39 is 10.0 Å². The molecule has 1 N–H and O–H groups in total. The lowest BCUT2D eigenvalue weighted by Gasteiger charge is -2.05. The maximum absolute atomic E-state index is 12.3. The molecule has 0 aliphatic rings. The summed E-state index contributed by atoms with van der Waals surface area (Å²) < 4.78 is 27.0. The van der Waals surface area contributed by atoms with Crippen LogP contribution in [0.2, 0.25) is 5.02 Å². The SMILES string of the molecule is O=S(=O)(Nc1csc(-c2ccccc2)n1)c1ccc(Cl)cc1. The molecule has 1 heterocycles. The smallest absolute Gasteiger partial charge is 0.263 e. The van der Waals surface area contributed by atoms with Gasteiger partial charge in [-0.25, -0.2) is 13.4 Å². The first-order valence-electron chi connectivity index (χ1n) is 6.34. The topological polar surface area (TPSA) is 59.1 Å². The molecule has 0 spiro atoms. The first-order valence-corrected chi connectivity index (χ1v) is 9.08. The zero-order chi connectivity index (χ0) is 15.6. The first kappa shape index (κ1) is 15.0. The summed E-state index contributed by atoms with van der Waals surface area (Å²) >= 11 is 7.15. The van der Waals surface area contributed by atoms with E-state index in [4.69, 9.17) is 11.6 Å². The molecule has 0 saturated heterocycles. The molecule has 1 aromatic heterocycles.